The van der Waals surface area contributed by atoms with Crippen molar-refractivity contribution in [2.75, 3.05) is 6.61 Å². The Labute approximate surface area is 93.6 Å². The van der Waals surface area contributed by atoms with Crippen LogP contribution in [0.15, 0.2) is 34.8 Å². The van der Waals surface area contributed by atoms with Crippen molar-refractivity contribution in [1.82, 2.24) is 0 Å². The van der Waals surface area contributed by atoms with Crippen LogP contribution in [0.25, 0.3) is 5.57 Å². The highest BCUT2D eigenvalue weighted by Gasteiger charge is 2.08. The van der Waals surface area contributed by atoms with E-state index in [2.05, 4.69) is 35.8 Å². The maximum atomic E-state index is 8.95. The number of aliphatic hydroxyl groups is 1. The third-order valence-corrected chi connectivity index (χ3v) is 2.81. The number of rotatable bonds is 3. The second-order valence-electron chi connectivity index (χ2n) is 3.48. The summed E-state index contributed by atoms with van der Waals surface area (Å²) in [7, 11) is 0. The molecule has 0 amide bonds. The average Bonchev–Trinajstić information content (AvgIpc) is 2.15. The third kappa shape index (κ3) is 2.69. The van der Waals surface area contributed by atoms with Gasteiger partial charge < -0.3 is 5.11 Å². The smallest absolute Gasteiger partial charge is 0.0618 e. The van der Waals surface area contributed by atoms with Crippen molar-refractivity contribution in [3.05, 3.63) is 40.4 Å². The number of halogens is 1. The minimum atomic E-state index is 0.0921. The fourth-order valence-corrected chi connectivity index (χ4v) is 1.96. The van der Waals surface area contributed by atoms with E-state index in [1.807, 2.05) is 24.3 Å². The largest absolute Gasteiger partial charge is 0.392 e. The Bertz CT molecular complexity index is 329. The molecule has 0 aromatic heterocycles. The molecule has 2 heteroatoms. The van der Waals surface area contributed by atoms with E-state index in [-0.39, 0.29) is 6.61 Å². The highest BCUT2D eigenvalue weighted by molar-refractivity contribution is 9.10. The van der Waals surface area contributed by atoms with E-state index in [9.17, 15) is 0 Å². The molecule has 0 aliphatic rings. The van der Waals surface area contributed by atoms with Crippen LogP contribution in [0.1, 0.15) is 19.4 Å². The van der Waals surface area contributed by atoms with E-state index < -0.39 is 0 Å². The maximum Gasteiger partial charge on any atom is 0.0618 e. The molecule has 1 nitrogen and oxygen atoms in total. The standard InChI is InChI=1S/C12H15BrO/c1-9(2)10(7-8-14)11-5-3-4-6-12(11)13/h3-7,9,14H,8H2,1-2H3/b10-7-. The van der Waals surface area contributed by atoms with Crippen LogP contribution in [0.4, 0.5) is 0 Å². The van der Waals surface area contributed by atoms with Crippen molar-refractivity contribution in [2.45, 2.75) is 13.8 Å². The van der Waals surface area contributed by atoms with E-state index in [0.717, 1.165) is 10.0 Å². The maximum absolute atomic E-state index is 8.95. The van der Waals surface area contributed by atoms with Gasteiger partial charge in [-0.25, -0.2) is 0 Å². The van der Waals surface area contributed by atoms with Crippen LogP contribution >= 0.6 is 15.9 Å². The fourth-order valence-electron chi connectivity index (χ4n) is 1.45. The lowest BCUT2D eigenvalue weighted by molar-refractivity contribution is 0.342. The van der Waals surface area contributed by atoms with E-state index in [0.29, 0.717) is 5.92 Å². The van der Waals surface area contributed by atoms with Gasteiger partial charge in [-0.1, -0.05) is 54.1 Å². The summed E-state index contributed by atoms with van der Waals surface area (Å²) < 4.78 is 1.08. The summed E-state index contributed by atoms with van der Waals surface area (Å²) in [5.74, 6) is 0.417. The van der Waals surface area contributed by atoms with E-state index in [4.69, 9.17) is 5.11 Å². The van der Waals surface area contributed by atoms with E-state index in [1.165, 1.54) is 5.57 Å². The van der Waals surface area contributed by atoms with Gasteiger partial charge in [0.05, 0.1) is 6.61 Å². The summed E-state index contributed by atoms with van der Waals surface area (Å²) in [5.41, 5.74) is 2.34. The first-order chi connectivity index (χ1) is 6.66. The lowest BCUT2D eigenvalue weighted by atomic mass is 9.95. The van der Waals surface area contributed by atoms with Crippen molar-refractivity contribution in [1.29, 1.82) is 0 Å². The summed E-state index contributed by atoms with van der Waals surface area (Å²) in [5, 5.41) is 8.95. The predicted octanol–water partition coefficient (Wildman–Crippen LogP) is 3.48. The van der Waals surface area contributed by atoms with Crippen molar-refractivity contribution < 1.29 is 5.11 Å². The van der Waals surface area contributed by atoms with Gasteiger partial charge in [0, 0.05) is 4.47 Å². The van der Waals surface area contributed by atoms with Crippen molar-refractivity contribution in [3.63, 3.8) is 0 Å². The normalized spacial score (nSPS) is 12.2. The van der Waals surface area contributed by atoms with Crippen LogP contribution in [0.2, 0.25) is 0 Å². The summed E-state index contributed by atoms with van der Waals surface area (Å²) in [6.07, 6.45) is 1.87. The molecule has 1 aromatic carbocycles. The van der Waals surface area contributed by atoms with Gasteiger partial charge in [0.25, 0.3) is 0 Å². The number of hydrogen-bond donors (Lipinski definition) is 1. The summed E-state index contributed by atoms with van der Waals surface area (Å²) in [6.45, 7) is 4.34. The van der Waals surface area contributed by atoms with Gasteiger partial charge in [0.1, 0.15) is 0 Å². The van der Waals surface area contributed by atoms with Crippen LogP contribution in [0.3, 0.4) is 0 Å². The molecule has 0 heterocycles. The second kappa shape index (κ2) is 5.32. The Hall–Kier alpha value is -0.600. The molecule has 0 atom stereocenters. The lowest BCUT2D eigenvalue weighted by Gasteiger charge is -2.13. The zero-order valence-corrected chi connectivity index (χ0v) is 10.1. The topological polar surface area (TPSA) is 20.2 Å². The van der Waals surface area contributed by atoms with Crippen molar-refractivity contribution in [2.24, 2.45) is 5.92 Å². The summed E-state index contributed by atoms with van der Waals surface area (Å²) in [6, 6.07) is 8.08. The molecule has 0 saturated heterocycles. The zero-order valence-electron chi connectivity index (χ0n) is 8.50. The van der Waals surface area contributed by atoms with Crippen LogP contribution in [0, 0.1) is 5.92 Å². The first-order valence-corrected chi connectivity index (χ1v) is 5.52. The van der Waals surface area contributed by atoms with Crippen molar-refractivity contribution in [3.8, 4) is 0 Å². The molecular weight excluding hydrogens is 240 g/mol. The monoisotopic (exact) mass is 254 g/mol. The molecule has 0 fully saturated rings. The minimum Gasteiger partial charge on any atom is -0.392 e. The number of benzene rings is 1. The molecule has 14 heavy (non-hydrogen) atoms. The first-order valence-electron chi connectivity index (χ1n) is 4.72. The predicted molar refractivity (Wildman–Crippen MR) is 64.0 cm³/mol. The number of allylic oxidation sites excluding steroid dienone is 1. The van der Waals surface area contributed by atoms with Crippen LogP contribution in [-0.2, 0) is 0 Å². The fraction of sp³-hybridized carbons (Fsp3) is 0.333. The first kappa shape index (κ1) is 11.5. The quantitative estimate of drug-likeness (QED) is 0.876. The molecule has 1 N–H and O–H groups in total. The van der Waals surface area contributed by atoms with Crippen LogP contribution in [-0.4, -0.2) is 11.7 Å². The molecular formula is C12H15BrO. The zero-order chi connectivity index (χ0) is 10.6. The third-order valence-electron chi connectivity index (χ3n) is 2.12. The van der Waals surface area contributed by atoms with Crippen LogP contribution < -0.4 is 0 Å². The summed E-state index contributed by atoms with van der Waals surface area (Å²) >= 11 is 3.51. The molecule has 0 aliphatic heterocycles. The molecule has 1 aromatic rings. The molecule has 0 bridgehead atoms. The van der Waals surface area contributed by atoms with Gasteiger partial charge in [-0.3, -0.25) is 0 Å². The molecule has 0 saturated carbocycles. The van der Waals surface area contributed by atoms with Crippen LogP contribution in [0.5, 0.6) is 0 Å². The molecule has 0 aliphatic carbocycles. The van der Waals surface area contributed by atoms with Crippen molar-refractivity contribution >= 4 is 21.5 Å². The van der Waals surface area contributed by atoms with Gasteiger partial charge in [0.15, 0.2) is 0 Å². The van der Waals surface area contributed by atoms with Gasteiger partial charge in [0.2, 0.25) is 0 Å². The Morgan fingerprint density at radius 1 is 1.43 bits per heavy atom. The molecule has 0 radical (unpaired) electrons. The molecule has 1 rings (SSSR count). The van der Waals surface area contributed by atoms with Gasteiger partial charge in [-0.05, 0) is 23.1 Å². The van der Waals surface area contributed by atoms with Gasteiger partial charge in [-0.15, -0.1) is 0 Å². The Kier molecular flexibility index (Phi) is 4.36. The average molecular weight is 255 g/mol. The Morgan fingerprint density at radius 2 is 2.07 bits per heavy atom. The van der Waals surface area contributed by atoms with Gasteiger partial charge in [-0.2, -0.15) is 0 Å². The lowest BCUT2D eigenvalue weighted by Crippen LogP contribution is -1.96. The Balaban J connectivity index is 3.12. The SMILES string of the molecule is CC(C)/C(=C/CO)c1ccccc1Br. The highest BCUT2D eigenvalue weighted by atomic mass is 79.9. The highest BCUT2D eigenvalue weighted by Crippen LogP contribution is 2.29. The minimum absolute atomic E-state index is 0.0921. The van der Waals surface area contributed by atoms with E-state index in [1.54, 1.807) is 0 Å². The number of hydrogen-bond acceptors (Lipinski definition) is 1. The number of aliphatic hydroxyl groups excluding tert-OH is 1. The second-order valence-corrected chi connectivity index (χ2v) is 4.33. The molecule has 0 unspecified atom stereocenters. The van der Waals surface area contributed by atoms with Gasteiger partial charge >= 0.3 is 0 Å². The molecule has 0 spiro atoms. The Morgan fingerprint density at radius 3 is 2.57 bits per heavy atom. The van der Waals surface area contributed by atoms with E-state index >= 15 is 0 Å². The summed E-state index contributed by atoms with van der Waals surface area (Å²) in [4.78, 5) is 0. The molecule has 76 valence electrons.